The maximum Gasteiger partial charge on any atom is 0.142 e. The van der Waals surface area contributed by atoms with Crippen LogP contribution >= 0.6 is 0 Å². The third kappa shape index (κ3) is 2.26. The maximum atomic E-state index is 14.0. The third-order valence-electron chi connectivity index (χ3n) is 3.76. The van der Waals surface area contributed by atoms with Crippen LogP contribution in [0.4, 0.5) is 10.2 Å². The van der Waals surface area contributed by atoms with E-state index in [-0.39, 0.29) is 12.4 Å². The second-order valence-corrected chi connectivity index (χ2v) is 4.94. The summed E-state index contributed by atoms with van der Waals surface area (Å²) in [5.41, 5.74) is 0.634. The Morgan fingerprint density at radius 1 is 1.26 bits per heavy atom. The second-order valence-electron chi connectivity index (χ2n) is 4.94. The molecule has 0 atom stereocenters. The first-order chi connectivity index (χ1) is 9.29. The molecule has 3 rings (SSSR count). The van der Waals surface area contributed by atoms with Crippen molar-refractivity contribution < 1.29 is 9.50 Å². The summed E-state index contributed by atoms with van der Waals surface area (Å²) in [4.78, 5) is 10.4. The van der Waals surface area contributed by atoms with Gasteiger partial charge < -0.3 is 10.0 Å². The molecule has 1 aliphatic heterocycles. The molecule has 0 spiro atoms. The van der Waals surface area contributed by atoms with Crippen molar-refractivity contribution in [2.24, 2.45) is 5.92 Å². The van der Waals surface area contributed by atoms with E-state index in [2.05, 4.69) is 14.9 Å². The molecule has 5 heteroatoms. The molecule has 1 saturated heterocycles. The SMILES string of the molecule is OCC1CCN(c2ncnc3cccc(F)c23)CC1. The van der Waals surface area contributed by atoms with Gasteiger partial charge in [-0.3, -0.25) is 0 Å². The van der Waals surface area contributed by atoms with E-state index in [4.69, 9.17) is 5.11 Å². The Balaban J connectivity index is 1.97. The van der Waals surface area contributed by atoms with Gasteiger partial charge in [-0.05, 0) is 30.9 Å². The predicted molar refractivity (Wildman–Crippen MR) is 71.5 cm³/mol. The van der Waals surface area contributed by atoms with Gasteiger partial charge in [0.25, 0.3) is 0 Å². The Kier molecular flexibility index (Phi) is 3.29. The number of anilines is 1. The average molecular weight is 261 g/mol. The van der Waals surface area contributed by atoms with E-state index in [1.807, 2.05) is 0 Å². The third-order valence-corrected chi connectivity index (χ3v) is 3.76. The fraction of sp³-hybridized carbons (Fsp3) is 0.429. The van der Waals surface area contributed by atoms with Crippen molar-refractivity contribution in [3.63, 3.8) is 0 Å². The van der Waals surface area contributed by atoms with Crippen molar-refractivity contribution >= 4 is 16.7 Å². The van der Waals surface area contributed by atoms with E-state index >= 15 is 0 Å². The van der Waals surface area contributed by atoms with Gasteiger partial charge in [0, 0.05) is 19.7 Å². The van der Waals surface area contributed by atoms with Crippen LogP contribution in [0.1, 0.15) is 12.8 Å². The normalized spacial score (nSPS) is 17.1. The molecule has 1 N–H and O–H groups in total. The lowest BCUT2D eigenvalue weighted by Gasteiger charge is -2.32. The van der Waals surface area contributed by atoms with Crippen LogP contribution in [0.25, 0.3) is 10.9 Å². The Bertz CT molecular complexity index is 577. The minimum Gasteiger partial charge on any atom is -0.396 e. The lowest BCUT2D eigenvalue weighted by molar-refractivity contribution is 0.203. The Labute approximate surface area is 110 Å². The second kappa shape index (κ2) is 5.09. The monoisotopic (exact) mass is 261 g/mol. The zero-order valence-corrected chi connectivity index (χ0v) is 10.6. The first kappa shape index (κ1) is 12.3. The zero-order valence-electron chi connectivity index (χ0n) is 10.6. The standard InChI is InChI=1S/C14H16FN3O/c15-11-2-1-3-12-13(11)14(17-9-16-12)18-6-4-10(8-19)5-7-18/h1-3,9-10,19H,4-8H2. The van der Waals surface area contributed by atoms with Gasteiger partial charge in [0.2, 0.25) is 0 Å². The van der Waals surface area contributed by atoms with Crippen LogP contribution in [0, 0.1) is 11.7 Å². The van der Waals surface area contributed by atoms with E-state index in [1.54, 1.807) is 12.1 Å². The molecule has 1 aliphatic rings. The van der Waals surface area contributed by atoms with Gasteiger partial charge in [0.05, 0.1) is 10.9 Å². The van der Waals surface area contributed by atoms with Gasteiger partial charge in [-0.2, -0.15) is 0 Å². The maximum absolute atomic E-state index is 14.0. The highest BCUT2D eigenvalue weighted by atomic mass is 19.1. The molecular weight excluding hydrogens is 245 g/mol. The quantitative estimate of drug-likeness (QED) is 0.898. The minimum absolute atomic E-state index is 0.229. The molecule has 0 unspecified atom stereocenters. The highest BCUT2D eigenvalue weighted by Crippen LogP contribution is 2.28. The number of aromatic nitrogens is 2. The van der Waals surface area contributed by atoms with Crippen LogP contribution in [0.5, 0.6) is 0 Å². The van der Waals surface area contributed by atoms with Crippen LogP contribution < -0.4 is 4.90 Å². The summed E-state index contributed by atoms with van der Waals surface area (Å²) >= 11 is 0. The molecule has 1 fully saturated rings. The summed E-state index contributed by atoms with van der Waals surface area (Å²) in [6.07, 6.45) is 3.31. The molecule has 0 amide bonds. The molecule has 0 saturated carbocycles. The van der Waals surface area contributed by atoms with Crippen molar-refractivity contribution in [1.29, 1.82) is 0 Å². The lowest BCUT2D eigenvalue weighted by Crippen LogP contribution is -2.35. The smallest absolute Gasteiger partial charge is 0.142 e. The van der Waals surface area contributed by atoms with Crippen molar-refractivity contribution in [3.05, 3.63) is 30.3 Å². The van der Waals surface area contributed by atoms with Gasteiger partial charge in [-0.15, -0.1) is 0 Å². The number of rotatable bonds is 2. The molecule has 2 aromatic rings. The summed E-state index contributed by atoms with van der Waals surface area (Å²) in [6, 6.07) is 4.90. The number of piperidine rings is 1. The van der Waals surface area contributed by atoms with Crippen LogP contribution in [0.15, 0.2) is 24.5 Å². The van der Waals surface area contributed by atoms with E-state index < -0.39 is 0 Å². The lowest BCUT2D eigenvalue weighted by atomic mass is 9.98. The Hall–Kier alpha value is -1.75. The fourth-order valence-corrected chi connectivity index (χ4v) is 2.62. The number of hydrogen-bond donors (Lipinski definition) is 1. The highest BCUT2D eigenvalue weighted by molar-refractivity contribution is 5.89. The molecule has 1 aromatic heterocycles. The van der Waals surface area contributed by atoms with Gasteiger partial charge >= 0.3 is 0 Å². The number of benzene rings is 1. The zero-order chi connectivity index (χ0) is 13.2. The van der Waals surface area contributed by atoms with Gasteiger partial charge in [-0.1, -0.05) is 6.07 Å². The molecule has 4 nitrogen and oxygen atoms in total. The van der Waals surface area contributed by atoms with Crippen molar-refractivity contribution in [2.75, 3.05) is 24.6 Å². The number of fused-ring (bicyclic) bond motifs is 1. The van der Waals surface area contributed by atoms with Crippen LogP contribution in [-0.4, -0.2) is 34.8 Å². The molecule has 2 heterocycles. The van der Waals surface area contributed by atoms with Crippen molar-refractivity contribution in [2.45, 2.75) is 12.8 Å². The molecule has 100 valence electrons. The first-order valence-corrected chi connectivity index (χ1v) is 6.54. The number of hydrogen-bond acceptors (Lipinski definition) is 4. The summed E-state index contributed by atoms with van der Waals surface area (Å²) in [5, 5.41) is 9.65. The first-order valence-electron chi connectivity index (χ1n) is 6.54. The molecule has 0 radical (unpaired) electrons. The predicted octanol–water partition coefficient (Wildman–Crippen LogP) is 1.98. The average Bonchev–Trinajstić information content (AvgIpc) is 2.47. The van der Waals surface area contributed by atoms with E-state index in [0.717, 1.165) is 25.9 Å². The largest absolute Gasteiger partial charge is 0.396 e. The summed E-state index contributed by atoms with van der Waals surface area (Å²) in [5.74, 6) is 0.742. The molecule has 0 bridgehead atoms. The fourth-order valence-electron chi connectivity index (χ4n) is 2.62. The number of aliphatic hydroxyl groups is 1. The van der Waals surface area contributed by atoms with Crippen molar-refractivity contribution in [3.8, 4) is 0 Å². The molecule has 1 aromatic carbocycles. The van der Waals surface area contributed by atoms with Crippen LogP contribution in [0.3, 0.4) is 0 Å². The van der Waals surface area contributed by atoms with Gasteiger partial charge in [0.15, 0.2) is 0 Å². The topological polar surface area (TPSA) is 49.2 Å². The summed E-state index contributed by atoms with van der Waals surface area (Å²) < 4.78 is 14.0. The number of nitrogens with zero attached hydrogens (tertiary/aromatic N) is 3. The summed E-state index contributed by atoms with van der Waals surface area (Å²) in [6.45, 7) is 1.82. The van der Waals surface area contributed by atoms with E-state index in [1.165, 1.54) is 12.4 Å². The van der Waals surface area contributed by atoms with Gasteiger partial charge in [0.1, 0.15) is 18.0 Å². The van der Waals surface area contributed by atoms with Crippen LogP contribution in [0.2, 0.25) is 0 Å². The number of aliphatic hydroxyl groups excluding tert-OH is 1. The van der Waals surface area contributed by atoms with Crippen LogP contribution in [-0.2, 0) is 0 Å². The molecule has 0 aliphatic carbocycles. The van der Waals surface area contributed by atoms with Gasteiger partial charge in [-0.25, -0.2) is 14.4 Å². The Morgan fingerprint density at radius 3 is 2.79 bits per heavy atom. The molecular formula is C14H16FN3O. The van der Waals surface area contributed by atoms with Crippen molar-refractivity contribution in [1.82, 2.24) is 9.97 Å². The Morgan fingerprint density at radius 2 is 2.05 bits per heavy atom. The van der Waals surface area contributed by atoms with E-state index in [0.29, 0.717) is 22.6 Å². The number of halogens is 1. The summed E-state index contributed by atoms with van der Waals surface area (Å²) in [7, 11) is 0. The van der Waals surface area contributed by atoms with E-state index in [9.17, 15) is 4.39 Å². The highest BCUT2D eigenvalue weighted by Gasteiger charge is 2.22. The minimum atomic E-state index is -0.280. The molecule has 19 heavy (non-hydrogen) atoms.